The van der Waals surface area contributed by atoms with E-state index in [2.05, 4.69) is 5.10 Å². The van der Waals surface area contributed by atoms with Crippen molar-refractivity contribution < 1.29 is 9.13 Å². The van der Waals surface area contributed by atoms with Crippen molar-refractivity contribution in [1.82, 2.24) is 5.01 Å². The Hall–Kier alpha value is -2.30. The molecule has 1 aliphatic rings. The molecule has 0 amide bonds. The number of anilines is 1. The van der Waals surface area contributed by atoms with Crippen LogP contribution in [0, 0.1) is 5.82 Å². The van der Waals surface area contributed by atoms with E-state index in [0.29, 0.717) is 18.0 Å². The van der Waals surface area contributed by atoms with E-state index in [4.69, 9.17) is 10.5 Å². The highest BCUT2D eigenvalue weighted by Crippen LogP contribution is 2.22. The van der Waals surface area contributed by atoms with E-state index >= 15 is 0 Å². The number of rotatable bonds is 3. The predicted octanol–water partition coefficient (Wildman–Crippen LogP) is 2.51. The number of nitrogens with zero attached hydrogens (tertiary/aromatic N) is 2. The molecule has 1 heterocycles. The molecule has 2 N–H and O–H groups in total. The number of nitrogens with two attached hydrogens (primary N) is 1. The molecule has 0 fully saturated rings. The van der Waals surface area contributed by atoms with E-state index in [9.17, 15) is 4.39 Å². The lowest BCUT2D eigenvalue weighted by atomic mass is 10.3. The number of nitrogen functional groups attached to an aromatic ring is 1. The highest BCUT2D eigenvalue weighted by Gasteiger charge is 2.08. The van der Waals surface area contributed by atoms with Crippen LogP contribution in [0.5, 0.6) is 5.75 Å². The van der Waals surface area contributed by atoms with Crippen molar-refractivity contribution in [3.05, 3.63) is 48.1 Å². The number of allylic oxidation sites excluding steroid dienone is 1. The van der Waals surface area contributed by atoms with Crippen LogP contribution in [-0.2, 0) is 0 Å². The first kappa shape index (κ1) is 12.2. The molecular weight excluding hydrogens is 233 g/mol. The number of hydrogen-bond acceptors (Lipinski definition) is 4. The van der Waals surface area contributed by atoms with Gasteiger partial charge in [-0.05, 0) is 31.2 Å². The minimum absolute atomic E-state index is 0.160. The fourth-order valence-electron chi connectivity index (χ4n) is 1.51. The fraction of sp³-hybridized carbons (Fsp3) is 0.154. The van der Waals surface area contributed by atoms with Gasteiger partial charge in [0.2, 0.25) is 0 Å². The first-order chi connectivity index (χ1) is 8.69. The van der Waals surface area contributed by atoms with Crippen LogP contribution >= 0.6 is 0 Å². The zero-order chi connectivity index (χ0) is 13.0. The van der Waals surface area contributed by atoms with Gasteiger partial charge in [-0.2, -0.15) is 5.10 Å². The molecule has 18 heavy (non-hydrogen) atoms. The van der Waals surface area contributed by atoms with E-state index in [-0.39, 0.29) is 5.75 Å². The zero-order valence-corrected chi connectivity index (χ0v) is 10.0. The molecule has 1 aliphatic heterocycles. The summed E-state index contributed by atoms with van der Waals surface area (Å²) in [5, 5.41) is 5.83. The maximum absolute atomic E-state index is 13.5. The number of hydrazone groups is 1. The molecule has 0 saturated heterocycles. The summed E-state index contributed by atoms with van der Waals surface area (Å²) in [5.41, 5.74) is 5.84. The Kier molecular flexibility index (Phi) is 3.62. The van der Waals surface area contributed by atoms with Crippen LogP contribution in [0.4, 0.5) is 10.1 Å². The smallest absolute Gasteiger partial charge is 0.167 e. The SMILES string of the molecule is C/C=N\N1C=CC(Oc2ccc(N)cc2F)=CC1. The van der Waals surface area contributed by atoms with Crippen molar-refractivity contribution in [2.24, 2.45) is 5.10 Å². The Morgan fingerprint density at radius 3 is 2.94 bits per heavy atom. The van der Waals surface area contributed by atoms with Gasteiger partial charge in [0.1, 0.15) is 5.76 Å². The Balaban J connectivity index is 2.05. The van der Waals surface area contributed by atoms with Crippen molar-refractivity contribution in [2.45, 2.75) is 6.92 Å². The van der Waals surface area contributed by atoms with Crippen LogP contribution in [0.25, 0.3) is 0 Å². The summed E-state index contributed by atoms with van der Waals surface area (Å²) in [7, 11) is 0. The van der Waals surface area contributed by atoms with Gasteiger partial charge >= 0.3 is 0 Å². The first-order valence-electron chi connectivity index (χ1n) is 5.55. The van der Waals surface area contributed by atoms with Crippen molar-refractivity contribution in [3.8, 4) is 5.75 Å². The van der Waals surface area contributed by atoms with Gasteiger partial charge in [0.05, 0.1) is 6.54 Å². The lowest BCUT2D eigenvalue weighted by Crippen LogP contribution is -2.14. The summed E-state index contributed by atoms with van der Waals surface area (Å²) in [5.74, 6) is 0.270. The highest BCUT2D eigenvalue weighted by molar-refractivity contribution is 5.53. The molecule has 0 aliphatic carbocycles. The van der Waals surface area contributed by atoms with Gasteiger partial charge in [0, 0.05) is 24.2 Å². The second-order valence-corrected chi connectivity index (χ2v) is 3.71. The maximum atomic E-state index is 13.5. The van der Waals surface area contributed by atoms with Crippen LogP contribution in [0.3, 0.4) is 0 Å². The molecule has 4 nitrogen and oxygen atoms in total. The Labute approximate surface area is 105 Å². The molecule has 0 saturated carbocycles. The Morgan fingerprint density at radius 2 is 2.33 bits per heavy atom. The zero-order valence-electron chi connectivity index (χ0n) is 10.0. The van der Waals surface area contributed by atoms with Crippen LogP contribution in [0.1, 0.15) is 6.92 Å². The molecule has 0 aromatic heterocycles. The topological polar surface area (TPSA) is 50.8 Å². The van der Waals surface area contributed by atoms with Gasteiger partial charge in [-0.1, -0.05) is 0 Å². The van der Waals surface area contributed by atoms with E-state index in [1.165, 1.54) is 12.1 Å². The molecular formula is C13H14FN3O. The molecule has 1 aromatic carbocycles. The van der Waals surface area contributed by atoms with Crippen molar-refractivity contribution in [3.63, 3.8) is 0 Å². The normalized spacial score (nSPS) is 15.0. The minimum atomic E-state index is -0.474. The predicted molar refractivity (Wildman–Crippen MR) is 69.5 cm³/mol. The van der Waals surface area contributed by atoms with E-state index < -0.39 is 5.82 Å². The number of halogens is 1. The molecule has 0 unspecified atom stereocenters. The number of hydrogen-bond donors (Lipinski definition) is 1. The number of benzene rings is 1. The summed E-state index contributed by atoms with van der Waals surface area (Å²) in [6.07, 6.45) is 7.02. The summed E-state index contributed by atoms with van der Waals surface area (Å²) >= 11 is 0. The third-order valence-electron chi connectivity index (χ3n) is 2.34. The minimum Gasteiger partial charge on any atom is -0.454 e. The van der Waals surface area contributed by atoms with E-state index in [0.717, 1.165) is 0 Å². The standard InChI is InChI=1S/C13H14FN3O/c1-2-16-17-7-5-11(6-8-17)18-13-4-3-10(15)9-12(13)14/h2-7,9H,8,15H2,1H3/b16-2-. The molecule has 0 atom stereocenters. The fourth-order valence-corrected chi connectivity index (χ4v) is 1.51. The molecule has 94 valence electrons. The van der Waals surface area contributed by atoms with Crippen LogP contribution < -0.4 is 10.5 Å². The Morgan fingerprint density at radius 1 is 1.50 bits per heavy atom. The summed E-state index contributed by atoms with van der Waals surface area (Å²) in [6, 6.07) is 4.34. The summed E-state index contributed by atoms with van der Waals surface area (Å²) in [6.45, 7) is 2.43. The molecule has 5 heteroatoms. The van der Waals surface area contributed by atoms with Crippen LogP contribution in [0.15, 0.2) is 47.4 Å². The van der Waals surface area contributed by atoms with Gasteiger partial charge in [-0.3, -0.25) is 5.01 Å². The molecule has 1 aromatic rings. The second-order valence-electron chi connectivity index (χ2n) is 3.71. The number of ether oxygens (including phenoxy) is 1. The largest absolute Gasteiger partial charge is 0.454 e. The van der Waals surface area contributed by atoms with Crippen LogP contribution in [0.2, 0.25) is 0 Å². The Bertz CT molecular complexity index is 523. The monoisotopic (exact) mass is 247 g/mol. The van der Waals surface area contributed by atoms with Crippen molar-refractivity contribution in [2.75, 3.05) is 12.3 Å². The van der Waals surface area contributed by atoms with Gasteiger partial charge in [0.15, 0.2) is 11.6 Å². The quantitative estimate of drug-likeness (QED) is 0.659. The molecule has 0 spiro atoms. The lowest BCUT2D eigenvalue weighted by molar-refractivity contribution is 0.380. The second kappa shape index (κ2) is 5.35. The third kappa shape index (κ3) is 2.88. The van der Waals surface area contributed by atoms with E-state index in [1.54, 1.807) is 29.6 Å². The first-order valence-corrected chi connectivity index (χ1v) is 5.55. The summed E-state index contributed by atoms with van der Waals surface area (Å²) < 4.78 is 18.9. The third-order valence-corrected chi connectivity index (χ3v) is 2.34. The van der Waals surface area contributed by atoms with E-state index in [1.807, 2.05) is 13.0 Å². The molecule has 0 bridgehead atoms. The van der Waals surface area contributed by atoms with Crippen LogP contribution in [-0.4, -0.2) is 17.8 Å². The summed E-state index contributed by atoms with van der Waals surface area (Å²) in [4.78, 5) is 0. The molecule has 0 radical (unpaired) electrons. The lowest BCUT2D eigenvalue weighted by Gasteiger charge is -2.17. The van der Waals surface area contributed by atoms with Gasteiger partial charge in [0.25, 0.3) is 0 Å². The van der Waals surface area contributed by atoms with Crippen molar-refractivity contribution >= 4 is 11.9 Å². The highest BCUT2D eigenvalue weighted by atomic mass is 19.1. The maximum Gasteiger partial charge on any atom is 0.167 e. The molecule has 2 rings (SSSR count). The van der Waals surface area contributed by atoms with Gasteiger partial charge in [-0.25, -0.2) is 4.39 Å². The average Bonchev–Trinajstić information content (AvgIpc) is 2.35. The van der Waals surface area contributed by atoms with Crippen molar-refractivity contribution in [1.29, 1.82) is 0 Å². The average molecular weight is 247 g/mol. The van der Waals surface area contributed by atoms with Gasteiger partial charge in [-0.15, -0.1) is 0 Å². The van der Waals surface area contributed by atoms with Gasteiger partial charge < -0.3 is 10.5 Å².